The predicted octanol–water partition coefficient (Wildman–Crippen LogP) is 4.22. The van der Waals surface area contributed by atoms with Crippen LogP contribution in [0.15, 0.2) is 60.7 Å². The molecule has 0 aliphatic carbocycles. The van der Waals surface area contributed by atoms with E-state index < -0.39 is 17.6 Å². The number of benzene rings is 2. The van der Waals surface area contributed by atoms with Gasteiger partial charge in [0.25, 0.3) is 0 Å². The van der Waals surface area contributed by atoms with Gasteiger partial charge in [-0.25, -0.2) is 9.59 Å². The Morgan fingerprint density at radius 2 is 1.59 bits per heavy atom. The maximum atomic E-state index is 13.2. The zero-order valence-corrected chi connectivity index (χ0v) is 19.0. The van der Waals surface area contributed by atoms with Crippen molar-refractivity contribution < 1.29 is 14.3 Å². The van der Waals surface area contributed by atoms with Crippen molar-refractivity contribution in [1.29, 1.82) is 0 Å². The average molecular weight is 436 g/mol. The van der Waals surface area contributed by atoms with Gasteiger partial charge in [0.2, 0.25) is 5.95 Å². The Morgan fingerprint density at radius 3 is 2.16 bits per heavy atom. The van der Waals surface area contributed by atoms with Crippen molar-refractivity contribution in [3.63, 3.8) is 0 Å². The van der Waals surface area contributed by atoms with Crippen molar-refractivity contribution >= 4 is 23.8 Å². The SMILES string of the molecule is CN(C)c1nc(NC(=O)NCc2ccccc2)c(C(=O)OC(C)(C)C)n1-c1ccccc1. The Morgan fingerprint density at radius 1 is 1.00 bits per heavy atom. The van der Waals surface area contributed by atoms with Crippen LogP contribution >= 0.6 is 0 Å². The number of rotatable bonds is 6. The average Bonchev–Trinajstić information content (AvgIpc) is 3.12. The van der Waals surface area contributed by atoms with Gasteiger partial charge in [0, 0.05) is 26.3 Å². The van der Waals surface area contributed by atoms with E-state index in [9.17, 15) is 9.59 Å². The normalized spacial score (nSPS) is 11.0. The summed E-state index contributed by atoms with van der Waals surface area (Å²) in [6.07, 6.45) is 0. The van der Waals surface area contributed by atoms with Crippen LogP contribution < -0.4 is 15.5 Å². The fourth-order valence-corrected chi connectivity index (χ4v) is 3.06. The van der Waals surface area contributed by atoms with Gasteiger partial charge in [0.1, 0.15) is 5.60 Å². The number of ether oxygens (including phenoxy) is 1. The van der Waals surface area contributed by atoms with Crippen LogP contribution in [0.25, 0.3) is 5.69 Å². The van der Waals surface area contributed by atoms with Crippen LogP contribution in [-0.2, 0) is 11.3 Å². The molecule has 0 aliphatic rings. The van der Waals surface area contributed by atoms with Gasteiger partial charge >= 0.3 is 12.0 Å². The van der Waals surface area contributed by atoms with E-state index in [4.69, 9.17) is 4.74 Å². The molecule has 2 N–H and O–H groups in total. The fourth-order valence-electron chi connectivity index (χ4n) is 3.06. The van der Waals surface area contributed by atoms with Gasteiger partial charge < -0.3 is 15.0 Å². The molecule has 3 rings (SSSR count). The third kappa shape index (κ3) is 5.66. The molecule has 0 spiro atoms. The van der Waals surface area contributed by atoms with E-state index in [0.717, 1.165) is 11.3 Å². The van der Waals surface area contributed by atoms with Crippen molar-refractivity contribution in [2.24, 2.45) is 0 Å². The maximum absolute atomic E-state index is 13.2. The number of carbonyl (C=O) groups is 2. The topological polar surface area (TPSA) is 88.5 Å². The molecule has 0 atom stereocenters. The molecule has 0 fully saturated rings. The van der Waals surface area contributed by atoms with E-state index in [1.54, 1.807) is 30.2 Å². The number of hydrogen-bond donors (Lipinski definition) is 2. The second-order valence-corrected chi connectivity index (χ2v) is 8.47. The monoisotopic (exact) mass is 435 g/mol. The molecule has 3 aromatic rings. The lowest BCUT2D eigenvalue weighted by atomic mass is 10.2. The Balaban J connectivity index is 1.98. The fraction of sp³-hybridized carbons (Fsp3) is 0.292. The Kier molecular flexibility index (Phi) is 6.82. The summed E-state index contributed by atoms with van der Waals surface area (Å²) < 4.78 is 7.32. The van der Waals surface area contributed by atoms with Crippen LogP contribution in [0.2, 0.25) is 0 Å². The van der Waals surface area contributed by atoms with Crippen molar-refractivity contribution in [2.75, 3.05) is 24.3 Å². The second-order valence-electron chi connectivity index (χ2n) is 8.47. The summed E-state index contributed by atoms with van der Waals surface area (Å²) in [5.41, 5.74) is 1.11. The lowest BCUT2D eigenvalue weighted by molar-refractivity contribution is 0.00619. The molecule has 0 aliphatic heterocycles. The first-order chi connectivity index (χ1) is 15.2. The van der Waals surface area contributed by atoms with Gasteiger partial charge in [-0.1, -0.05) is 48.5 Å². The lowest BCUT2D eigenvalue weighted by Gasteiger charge is -2.21. The van der Waals surface area contributed by atoms with Crippen LogP contribution in [0.3, 0.4) is 0 Å². The third-order valence-corrected chi connectivity index (χ3v) is 4.39. The van der Waals surface area contributed by atoms with Crippen molar-refractivity contribution in [2.45, 2.75) is 32.9 Å². The van der Waals surface area contributed by atoms with E-state index >= 15 is 0 Å². The van der Waals surface area contributed by atoms with Gasteiger partial charge in [-0.15, -0.1) is 0 Å². The van der Waals surface area contributed by atoms with Gasteiger partial charge in [-0.2, -0.15) is 4.98 Å². The Bertz CT molecular complexity index is 1070. The highest BCUT2D eigenvalue weighted by atomic mass is 16.6. The summed E-state index contributed by atoms with van der Waals surface area (Å²) in [7, 11) is 3.64. The summed E-state index contributed by atoms with van der Waals surface area (Å²) >= 11 is 0. The third-order valence-electron chi connectivity index (χ3n) is 4.39. The van der Waals surface area contributed by atoms with Crippen molar-refractivity contribution in [1.82, 2.24) is 14.9 Å². The summed E-state index contributed by atoms with van der Waals surface area (Å²) in [6, 6.07) is 18.4. The molecule has 168 valence electrons. The highest BCUT2D eigenvalue weighted by Gasteiger charge is 2.30. The number of nitrogens with zero attached hydrogens (tertiary/aromatic N) is 3. The Labute approximate surface area is 188 Å². The smallest absolute Gasteiger partial charge is 0.359 e. The van der Waals surface area contributed by atoms with E-state index in [2.05, 4.69) is 15.6 Å². The molecular weight excluding hydrogens is 406 g/mol. The number of hydrogen-bond acceptors (Lipinski definition) is 5. The number of amides is 2. The molecule has 8 heteroatoms. The zero-order valence-electron chi connectivity index (χ0n) is 19.0. The molecule has 2 amide bonds. The number of urea groups is 1. The van der Waals surface area contributed by atoms with E-state index in [0.29, 0.717) is 12.5 Å². The summed E-state index contributed by atoms with van der Waals surface area (Å²) in [4.78, 5) is 32.2. The molecule has 0 unspecified atom stereocenters. The summed E-state index contributed by atoms with van der Waals surface area (Å²) in [6.45, 7) is 5.72. The van der Waals surface area contributed by atoms with Crippen LogP contribution in [0.4, 0.5) is 16.6 Å². The minimum Gasteiger partial charge on any atom is -0.455 e. The van der Waals surface area contributed by atoms with E-state index in [1.807, 2.05) is 74.8 Å². The summed E-state index contributed by atoms with van der Waals surface area (Å²) in [5, 5.41) is 5.52. The van der Waals surface area contributed by atoms with E-state index in [1.165, 1.54) is 0 Å². The quantitative estimate of drug-likeness (QED) is 0.566. The van der Waals surface area contributed by atoms with Crippen LogP contribution in [0, 0.1) is 0 Å². The largest absolute Gasteiger partial charge is 0.455 e. The number of carbonyl (C=O) groups excluding carboxylic acids is 2. The first-order valence-corrected chi connectivity index (χ1v) is 10.3. The number of esters is 1. The summed E-state index contributed by atoms with van der Waals surface area (Å²) in [5.74, 6) is 0.0214. The number of para-hydroxylation sites is 1. The number of imidazole rings is 1. The zero-order chi connectivity index (χ0) is 23.3. The molecule has 0 saturated carbocycles. The molecule has 0 radical (unpaired) electrons. The molecule has 0 bridgehead atoms. The standard InChI is InChI=1S/C24H29N5O3/c1-24(2,3)32-21(30)19-20(26-22(31)25-16-17-12-8-6-9-13-17)27-23(28(4)5)29(19)18-14-10-7-11-15-18/h6-15H,16H2,1-5H3,(H2,25,26,31). The van der Waals surface area contributed by atoms with Crippen LogP contribution in [0.1, 0.15) is 36.8 Å². The number of anilines is 2. The van der Waals surface area contributed by atoms with Gasteiger partial charge in [-0.05, 0) is 38.5 Å². The van der Waals surface area contributed by atoms with Gasteiger partial charge in [0.05, 0.1) is 0 Å². The number of nitrogens with one attached hydrogen (secondary N) is 2. The van der Waals surface area contributed by atoms with Crippen LogP contribution in [0.5, 0.6) is 0 Å². The molecule has 0 saturated heterocycles. The van der Waals surface area contributed by atoms with Crippen LogP contribution in [-0.4, -0.2) is 41.2 Å². The molecule has 32 heavy (non-hydrogen) atoms. The van der Waals surface area contributed by atoms with E-state index in [-0.39, 0.29) is 11.5 Å². The minimum absolute atomic E-state index is 0.123. The van der Waals surface area contributed by atoms with Gasteiger partial charge in [0.15, 0.2) is 11.5 Å². The highest BCUT2D eigenvalue weighted by molar-refractivity contribution is 6.00. The molecule has 1 heterocycles. The second kappa shape index (κ2) is 9.55. The maximum Gasteiger partial charge on any atom is 0.359 e. The predicted molar refractivity (Wildman–Crippen MR) is 125 cm³/mol. The highest BCUT2D eigenvalue weighted by Crippen LogP contribution is 2.29. The molecule has 8 nitrogen and oxygen atoms in total. The van der Waals surface area contributed by atoms with Crippen molar-refractivity contribution in [3.8, 4) is 5.69 Å². The molecule has 1 aromatic heterocycles. The minimum atomic E-state index is -0.714. The van der Waals surface area contributed by atoms with Crippen molar-refractivity contribution in [3.05, 3.63) is 71.9 Å². The first kappa shape index (κ1) is 22.9. The molecule has 2 aromatic carbocycles. The molecular formula is C24H29N5O3. The number of aromatic nitrogens is 2. The first-order valence-electron chi connectivity index (χ1n) is 10.3. The van der Waals surface area contributed by atoms with Gasteiger partial charge in [-0.3, -0.25) is 9.88 Å². The lowest BCUT2D eigenvalue weighted by Crippen LogP contribution is -2.30. The Hall–Kier alpha value is -3.81.